The number of aryl methyl sites for hydroxylation is 1. The van der Waals surface area contributed by atoms with Gasteiger partial charge in [0.05, 0.1) is 6.04 Å². The molecule has 21 heavy (non-hydrogen) atoms. The highest BCUT2D eigenvalue weighted by Crippen LogP contribution is 2.26. The number of nitrogens with one attached hydrogen (secondary N) is 2. The second-order valence-electron chi connectivity index (χ2n) is 4.68. The number of aromatic nitrogens is 5. The van der Waals surface area contributed by atoms with Gasteiger partial charge in [-0.05, 0) is 31.2 Å². The SMILES string of the molecule is CC(Nc1ccc(Sc2ncn[nH]2)cc1)c1nccn1C. The first-order valence-corrected chi connectivity index (χ1v) is 7.41. The van der Waals surface area contributed by atoms with E-state index in [-0.39, 0.29) is 6.04 Å². The number of hydrogen-bond donors (Lipinski definition) is 2. The Morgan fingerprint density at radius 1 is 1.24 bits per heavy atom. The zero-order valence-electron chi connectivity index (χ0n) is 11.8. The fourth-order valence-electron chi connectivity index (χ4n) is 2.08. The van der Waals surface area contributed by atoms with E-state index in [1.165, 1.54) is 6.33 Å². The van der Waals surface area contributed by atoms with Crippen LogP contribution in [0.15, 0.2) is 53.0 Å². The lowest BCUT2D eigenvalue weighted by Gasteiger charge is -2.15. The second-order valence-corrected chi connectivity index (χ2v) is 5.74. The molecule has 1 unspecified atom stereocenters. The van der Waals surface area contributed by atoms with Gasteiger partial charge in [-0.3, -0.25) is 5.10 Å². The van der Waals surface area contributed by atoms with Gasteiger partial charge >= 0.3 is 0 Å². The zero-order chi connectivity index (χ0) is 14.7. The first-order chi connectivity index (χ1) is 10.2. The Hall–Kier alpha value is -2.28. The third-order valence-corrected chi connectivity index (χ3v) is 3.99. The smallest absolute Gasteiger partial charge is 0.188 e. The summed E-state index contributed by atoms with van der Waals surface area (Å²) in [5.74, 6) is 1.01. The van der Waals surface area contributed by atoms with Gasteiger partial charge in [-0.1, -0.05) is 11.8 Å². The zero-order valence-corrected chi connectivity index (χ0v) is 12.6. The lowest BCUT2D eigenvalue weighted by molar-refractivity contribution is 0.721. The molecular formula is C14H16N6S. The molecule has 0 bridgehead atoms. The summed E-state index contributed by atoms with van der Waals surface area (Å²) < 4.78 is 2.02. The van der Waals surface area contributed by atoms with Crippen molar-refractivity contribution in [3.8, 4) is 0 Å². The summed E-state index contributed by atoms with van der Waals surface area (Å²) in [7, 11) is 2.00. The Bertz CT molecular complexity index is 689. The van der Waals surface area contributed by atoms with Crippen LogP contribution in [0.4, 0.5) is 5.69 Å². The van der Waals surface area contributed by atoms with E-state index in [0.29, 0.717) is 0 Å². The standard InChI is InChI=1S/C14H16N6S/c1-10(13-15-7-8-20(13)2)18-11-3-5-12(6-4-11)21-14-16-9-17-19-14/h3-10,18H,1-2H3,(H,16,17,19). The molecule has 6 nitrogen and oxygen atoms in total. The summed E-state index contributed by atoms with van der Waals surface area (Å²) in [6.45, 7) is 2.10. The van der Waals surface area contributed by atoms with Gasteiger partial charge in [-0.15, -0.1) is 0 Å². The van der Waals surface area contributed by atoms with Crippen molar-refractivity contribution in [2.75, 3.05) is 5.32 Å². The van der Waals surface area contributed by atoms with Crippen molar-refractivity contribution >= 4 is 17.4 Å². The van der Waals surface area contributed by atoms with Crippen molar-refractivity contribution < 1.29 is 0 Å². The molecular weight excluding hydrogens is 284 g/mol. The van der Waals surface area contributed by atoms with Gasteiger partial charge in [0, 0.05) is 30.0 Å². The Balaban J connectivity index is 1.66. The number of H-pyrrole nitrogens is 1. The highest BCUT2D eigenvalue weighted by atomic mass is 32.2. The molecule has 2 aromatic heterocycles. The van der Waals surface area contributed by atoms with E-state index in [9.17, 15) is 0 Å². The molecule has 1 aromatic carbocycles. The summed E-state index contributed by atoms with van der Waals surface area (Å²) in [5.41, 5.74) is 1.06. The maximum atomic E-state index is 4.36. The lowest BCUT2D eigenvalue weighted by Crippen LogP contribution is -2.11. The number of aromatic amines is 1. The predicted molar refractivity (Wildman–Crippen MR) is 82.2 cm³/mol. The van der Waals surface area contributed by atoms with E-state index in [1.54, 1.807) is 11.8 Å². The van der Waals surface area contributed by atoms with Gasteiger partial charge in [-0.25, -0.2) is 9.97 Å². The molecule has 0 aliphatic rings. The Labute approximate surface area is 127 Å². The number of rotatable bonds is 5. The van der Waals surface area contributed by atoms with Gasteiger partial charge < -0.3 is 9.88 Å². The molecule has 0 aliphatic heterocycles. The Kier molecular flexibility index (Phi) is 3.92. The summed E-state index contributed by atoms with van der Waals surface area (Å²) in [6.07, 6.45) is 5.27. The van der Waals surface area contributed by atoms with Crippen LogP contribution >= 0.6 is 11.8 Å². The third kappa shape index (κ3) is 3.25. The molecule has 3 aromatic rings. The van der Waals surface area contributed by atoms with Crippen molar-refractivity contribution in [1.29, 1.82) is 0 Å². The van der Waals surface area contributed by atoms with E-state index >= 15 is 0 Å². The molecule has 0 fully saturated rings. The van der Waals surface area contributed by atoms with E-state index in [2.05, 4.69) is 56.7 Å². The topological polar surface area (TPSA) is 71.4 Å². The highest BCUT2D eigenvalue weighted by molar-refractivity contribution is 7.99. The van der Waals surface area contributed by atoms with Crippen LogP contribution in [-0.2, 0) is 7.05 Å². The minimum Gasteiger partial charge on any atom is -0.375 e. The molecule has 7 heteroatoms. The van der Waals surface area contributed by atoms with E-state index in [1.807, 2.05) is 24.0 Å². The average Bonchev–Trinajstić information content (AvgIpc) is 3.12. The van der Waals surface area contributed by atoms with Gasteiger partial charge in [-0.2, -0.15) is 5.10 Å². The number of anilines is 1. The third-order valence-electron chi connectivity index (χ3n) is 3.09. The molecule has 0 spiro atoms. The first-order valence-electron chi connectivity index (χ1n) is 6.59. The maximum absolute atomic E-state index is 4.36. The van der Waals surface area contributed by atoms with Crippen LogP contribution in [0.1, 0.15) is 18.8 Å². The first kappa shape index (κ1) is 13.7. The number of hydrogen-bond acceptors (Lipinski definition) is 5. The van der Waals surface area contributed by atoms with E-state index in [0.717, 1.165) is 21.6 Å². The second kappa shape index (κ2) is 6.01. The fourth-order valence-corrected chi connectivity index (χ4v) is 2.78. The van der Waals surface area contributed by atoms with Crippen LogP contribution < -0.4 is 5.32 Å². The van der Waals surface area contributed by atoms with Crippen LogP contribution in [0.3, 0.4) is 0 Å². The van der Waals surface area contributed by atoms with Crippen molar-refractivity contribution in [2.45, 2.75) is 23.0 Å². The summed E-state index contributed by atoms with van der Waals surface area (Å²) in [4.78, 5) is 9.56. The summed E-state index contributed by atoms with van der Waals surface area (Å²) in [5, 5.41) is 10.9. The monoisotopic (exact) mass is 300 g/mol. The predicted octanol–water partition coefficient (Wildman–Crippen LogP) is 2.86. The summed E-state index contributed by atoms with van der Waals surface area (Å²) >= 11 is 1.55. The van der Waals surface area contributed by atoms with Crippen LogP contribution in [0.2, 0.25) is 0 Å². The quantitative estimate of drug-likeness (QED) is 0.758. The Morgan fingerprint density at radius 3 is 2.67 bits per heavy atom. The molecule has 0 radical (unpaired) electrons. The lowest BCUT2D eigenvalue weighted by atomic mass is 10.2. The number of nitrogens with zero attached hydrogens (tertiary/aromatic N) is 4. The Morgan fingerprint density at radius 2 is 2.05 bits per heavy atom. The van der Waals surface area contributed by atoms with Gasteiger partial charge in [0.2, 0.25) is 0 Å². The molecule has 3 rings (SSSR count). The molecule has 108 valence electrons. The molecule has 2 N–H and O–H groups in total. The van der Waals surface area contributed by atoms with Crippen molar-refractivity contribution in [3.63, 3.8) is 0 Å². The number of benzene rings is 1. The number of imidazole rings is 1. The van der Waals surface area contributed by atoms with Crippen molar-refractivity contribution in [1.82, 2.24) is 24.7 Å². The highest BCUT2D eigenvalue weighted by Gasteiger charge is 2.09. The van der Waals surface area contributed by atoms with Crippen molar-refractivity contribution in [2.24, 2.45) is 7.05 Å². The van der Waals surface area contributed by atoms with Gasteiger partial charge in [0.1, 0.15) is 12.2 Å². The van der Waals surface area contributed by atoms with Gasteiger partial charge in [0.15, 0.2) is 5.16 Å². The molecule has 0 amide bonds. The largest absolute Gasteiger partial charge is 0.375 e. The van der Waals surface area contributed by atoms with Crippen LogP contribution in [0, 0.1) is 0 Å². The van der Waals surface area contributed by atoms with Crippen molar-refractivity contribution in [3.05, 3.63) is 48.8 Å². The molecule has 0 saturated carbocycles. The fraction of sp³-hybridized carbons (Fsp3) is 0.214. The van der Waals surface area contributed by atoms with Crippen LogP contribution in [0.25, 0.3) is 0 Å². The molecule has 1 atom stereocenters. The normalized spacial score (nSPS) is 12.3. The molecule has 0 aliphatic carbocycles. The minimum absolute atomic E-state index is 0.151. The maximum Gasteiger partial charge on any atom is 0.188 e. The van der Waals surface area contributed by atoms with E-state index in [4.69, 9.17) is 0 Å². The molecule has 2 heterocycles. The summed E-state index contributed by atoms with van der Waals surface area (Å²) in [6, 6.07) is 8.37. The van der Waals surface area contributed by atoms with E-state index < -0.39 is 0 Å². The van der Waals surface area contributed by atoms with Crippen LogP contribution in [0.5, 0.6) is 0 Å². The average molecular weight is 300 g/mol. The van der Waals surface area contributed by atoms with Crippen LogP contribution in [-0.4, -0.2) is 24.7 Å². The minimum atomic E-state index is 0.151. The van der Waals surface area contributed by atoms with Gasteiger partial charge in [0.25, 0.3) is 0 Å². The molecule has 0 saturated heterocycles.